The number of carbonyl (C=O) groups is 3. The fraction of sp³-hybridized carbons (Fsp3) is 0.250. The number of fused-ring (bicyclic) bond motifs is 1. The number of anilines is 3. The van der Waals surface area contributed by atoms with Gasteiger partial charge in [-0.3, -0.25) is 19.4 Å². The minimum atomic E-state index is -0.472. The number of piperidine rings is 1. The van der Waals surface area contributed by atoms with E-state index in [2.05, 4.69) is 37.6 Å². The number of halogens is 2. The third-order valence-corrected chi connectivity index (χ3v) is 9.66. The molecule has 11 nitrogen and oxygen atoms in total. The number of nitrogens with zero attached hydrogens (tertiary/aromatic N) is 5. The van der Waals surface area contributed by atoms with Crippen molar-refractivity contribution in [1.29, 1.82) is 0 Å². The molecule has 272 valence electrons. The largest absolute Gasteiger partial charge is 0.487 e. The van der Waals surface area contributed by atoms with Crippen LogP contribution < -0.4 is 25.2 Å². The standard InChI is InChI=1S/C40H39Cl2N7O4/c1-26-21-33(49-19-4-3-5-20-49)29-7-6-8-34(40(29)46-26)53-25-30-31(41)11-12-32(39(30)42)48(2)38(52)24-45-36(50)14-10-28-9-13-35(44-23-28)47-37(51)22-27-15-17-43-18-16-27/h6-18,21,23H,3-5,19-20,22,24-25H2,1-2H3,(H,45,50)(H,44,47,51)/b14-10+. The smallest absolute Gasteiger partial charge is 0.246 e. The van der Waals surface area contributed by atoms with E-state index in [0.717, 1.165) is 40.9 Å². The molecule has 1 aliphatic heterocycles. The molecule has 0 unspecified atom stereocenters. The van der Waals surface area contributed by atoms with Crippen molar-refractivity contribution in [2.24, 2.45) is 0 Å². The van der Waals surface area contributed by atoms with Crippen molar-refractivity contribution in [3.63, 3.8) is 0 Å². The predicted octanol–water partition coefficient (Wildman–Crippen LogP) is 7.18. The number of benzene rings is 2. The molecular weight excluding hydrogens is 713 g/mol. The molecular formula is C40H39Cl2N7O4. The number of aryl methyl sites for hydroxylation is 1. The van der Waals surface area contributed by atoms with Crippen LogP contribution in [0.25, 0.3) is 17.0 Å². The summed E-state index contributed by atoms with van der Waals surface area (Å²) in [5.41, 5.74) is 5.24. The molecule has 4 heterocycles. The lowest BCUT2D eigenvalue weighted by Crippen LogP contribution is -2.37. The van der Waals surface area contributed by atoms with Crippen LogP contribution in [0.3, 0.4) is 0 Å². The zero-order chi connectivity index (χ0) is 37.3. The van der Waals surface area contributed by atoms with E-state index >= 15 is 0 Å². The molecule has 3 aromatic heterocycles. The van der Waals surface area contributed by atoms with Gasteiger partial charge < -0.3 is 25.2 Å². The number of aromatic nitrogens is 3. The number of pyridine rings is 3. The number of rotatable bonds is 12. The normalized spacial score (nSPS) is 12.9. The third kappa shape index (κ3) is 9.48. The maximum Gasteiger partial charge on any atom is 0.246 e. The average molecular weight is 753 g/mol. The monoisotopic (exact) mass is 751 g/mol. The summed E-state index contributed by atoms with van der Waals surface area (Å²) in [4.78, 5) is 54.8. The Bertz CT molecular complexity index is 2140. The molecule has 0 bridgehead atoms. The highest BCUT2D eigenvalue weighted by Gasteiger charge is 2.21. The molecule has 6 rings (SSSR count). The van der Waals surface area contributed by atoms with Crippen molar-refractivity contribution < 1.29 is 19.1 Å². The first-order valence-electron chi connectivity index (χ1n) is 17.3. The molecule has 0 saturated carbocycles. The van der Waals surface area contributed by atoms with Crippen molar-refractivity contribution in [1.82, 2.24) is 20.3 Å². The fourth-order valence-electron chi connectivity index (χ4n) is 6.07. The van der Waals surface area contributed by atoms with Crippen LogP contribution in [0.5, 0.6) is 5.75 Å². The van der Waals surface area contributed by atoms with E-state index in [1.165, 1.54) is 36.4 Å². The summed E-state index contributed by atoms with van der Waals surface area (Å²) < 4.78 is 6.30. The number of nitrogens with one attached hydrogen (secondary N) is 2. The van der Waals surface area contributed by atoms with E-state index in [0.29, 0.717) is 33.4 Å². The Labute approximate surface area is 318 Å². The van der Waals surface area contributed by atoms with Crippen molar-refractivity contribution in [3.8, 4) is 5.75 Å². The number of hydrogen-bond donors (Lipinski definition) is 2. The highest BCUT2D eigenvalue weighted by Crippen LogP contribution is 2.37. The molecule has 0 radical (unpaired) electrons. The van der Waals surface area contributed by atoms with E-state index < -0.39 is 11.8 Å². The second kappa shape index (κ2) is 17.3. The Balaban J connectivity index is 1.04. The number of carbonyl (C=O) groups excluding carboxylic acids is 3. The number of ether oxygens (including phenoxy) is 1. The molecule has 5 aromatic rings. The number of para-hydroxylation sites is 1. The minimum absolute atomic E-state index is 0.0522. The van der Waals surface area contributed by atoms with E-state index in [-0.39, 0.29) is 30.5 Å². The molecule has 2 N–H and O–H groups in total. The van der Waals surface area contributed by atoms with Gasteiger partial charge in [-0.05, 0) is 91.9 Å². The summed E-state index contributed by atoms with van der Waals surface area (Å²) in [6.45, 7) is 3.79. The lowest BCUT2D eigenvalue weighted by Gasteiger charge is -2.30. The van der Waals surface area contributed by atoms with Crippen LogP contribution in [0, 0.1) is 6.92 Å². The number of hydrogen-bond acceptors (Lipinski definition) is 8. The molecule has 0 spiro atoms. The SMILES string of the molecule is Cc1cc(N2CCCCC2)c2cccc(OCc3c(Cl)ccc(N(C)C(=O)CNC(=O)/C=C/c4ccc(NC(=O)Cc5ccncc5)nc4)c3Cl)c2n1. The van der Waals surface area contributed by atoms with Crippen molar-refractivity contribution in [2.45, 2.75) is 39.2 Å². The van der Waals surface area contributed by atoms with Crippen molar-refractivity contribution in [2.75, 3.05) is 41.8 Å². The van der Waals surface area contributed by atoms with Gasteiger partial charge in [0.05, 0.1) is 23.7 Å². The fourth-order valence-corrected chi connectivity index (χ4v) is 6.67. The zero-order valence-corrected chi connectivity index (χ0v) is 31.0. The minimum Gasteiger partial charge on any atom is -0.487 e. The zero-order valence-electron chi connectivity index (χ0n) is 29.4. The molecule has 53 heavy (non-hydrogen) atoms. The van der Waals surface area contributed by atoms with Crippen molar-refractivity contribution >= 4 is 75.1 Å². The quantitative estimate of drug-likeness (QED) is 0.128. The maximum atomic E-state index is 13.1. The molecule has 0 aliphatic carbocycles. The highest BCUT2D eigenvalue weighted by molar-refractivity contribution is 6.38. The summed E-state index contributed by atoms with van der Waals surface area (Å²) in [5, 5.41) is 7.03. The van der Waals surface area contributed by atoms with Gasteiger partial charge in [-0.15, -0.1) is 0 Å². The molecule has 0 atom stereocenters. The van der Waals surface area contributed by atoms with Gasteiger partial charge in [-0.25, -0.2) is 9.97 Å². The first-order chi connectivity index (χ1) is 25.7. The van der Waals surface area contributed by atoms with Crippen LogP contribution in [0.2, 0.25) is 10.0 Å². The molecule has 1 fully saturated rings. The first-order valence-corrected chi connectivity index (χ1v) is 18.0. The highest BCUT2D eigenvalue weighted by atomic mass is 35.5. The van der Waals surface area contributed by atoms with Crippen LogP contribution in [0.1, 0.15) is 41.6 Å². The van der Waals surface area contributed by atoms with Crippen LogP contribution in [0.4, 0.5) is 17.2 Å². The Kier molecular flexibility index (Phi) is 12.2. The summed E-state index contributed by atoms with van der Waals surface area (Å²) in [6.07, 6.45) is 11.4. The van der Waals surface area contributed by atoms with Crippen LogP contribution in [0.15, 0.2) is 85.3 Å². The summed E-state index contributed by atoms with van der Waals surface area (Å²) >= 11 is 13.4. The van der Waals surface area contributed by atoms with Gasteiger partial charge in [-0.1, -0.05) is 35.3 Å². The molecule has 3 amide bonds. The van der Waals surface area contributed by atoms with Crippen LogP contribution in [-0.4, -0.2) is 59.4 Å². The topological polar surface area (TPSA) is 130 Å². The second-order valence-corrected chi connectivity index (χ2v) is 13.5. The molecule has 13 heteroatoms. The predicted molar refractivity (Wildman–Crippen MR) is 210 cm³/mol. The molecule has 1 saturated heterocycles. The van der Waals surface area contributed by atoms with E-state index in [1.807, 2.05) is 19.1 Å². The second-order valence-electron chi connectivity index (χ2n) is 12.7. The van der Waals surface area contributed by atoms with Crippen LogP contribution in [-0.2, 0) is 27.4 Å². The Hall–Kier alpha value is -5.52. The van der Waals surface area contributed by atoms with Gasteiger partial charge in [0.2, 0.25) is 17.7 Å². The lowest BCUT2D eigenvalue weighted by atomic mass is 10.1. The first kappa shape index (κ1) is 37.2. The van der Waals surface area contributed by atoms with Gasteiger partial charge in [-0.2, -0.15) is 0 Å². The number of likely N-dealkylation sites (N-methyl/N-ethyl adjacent to an activating group) is 1. The van der Waals surface area contributed by atoms with E-state index in [9.17, 15) is 14.4 Å². The Morgan fingerprint density at radius 1 is 1.00 bits per heavy atom. The van der Waals surface area contributed by atoms with Crippen molar-refractivity contribution in [3.05, 3.63) is 118 Å². The van der Waals surface area contributed by atoms with Gasteiger partial charge >= 0.3 is 0 Å². The van der Waals surface area contributed by atoms with E-state index in [4.69, 9.17) is 32.9 Å². The average Bonchev–Trinajstić information content (AvgIpc) is 3.17. The third-order valence-electron chi connectivity index (χ3n) is 8.89. The van der Waals surface area contributed by atoms with Gasteiger partial charge in [0, 0.05) is 72.2 Å². The van der Waals surface area contributed by atoms with E-state index in [1.54, 1.807) is 61.9 Å². The lowest BCUT2D eigenvalue weighted by molar-refractivity contribution is -0.122. The Morgan fingerprint density at radius 3 is 2.55 bits per heavy atom. The maximum absolute atomic E-state index is 13.1. The summed E-state index contributed by atoms with van der Waals surface area (Å²) in [6, 6.07) is 18.3. The molecule has 1 aliphatic rings. The number of amides is 3. The summed E-state index contributed by atoms with van der Waals surface area (Å²) in [7, 11) is 1.58. The summed E-state index contributed by atoms with van der Waals surface area (Å²) in [5.74, 6) is -0.0778. The van der Waals surface area contributed by atoms with Gasteiger partial charge in [0.1, 0.15) is 23.7 Å². The van der Waals surface area contributed by atoms with Gasteiger partial charge in [0.15, 0.2) is 0 Å². The van der Waals surface area contributed by atoms with Crippen LogP contribution >= 0.6 is 23.2 Å². The Morgan fingerprint density at radius 2 is 1.79 bits per heavy atom. The molecule has 2 aromatic carbocycles. The van der Waals surface area contributed by atoms with Gasteiger partial charge in [0.25, 0.3) is 0 Å².